The van der Waals surface area contributed by atoms with Crippen LogP contribution in [0.5, 0.6) is 0 Å². The minimum absolute atomic E-state index is 0.133. The number of rotatable bonds is 2. The van der Waals surface area contributed by atoms with Crippen molar-refractivity contribution in [1.29, 1.82) is 0 Å². The van der Waals surface area contributed by atoms with Crippen LogP contribution in [0, 0.1) is 3.57 Å². The SMILES string of the molecule is NC(N)=NCc1cccc([121I])c1. The molecule has 0 atom stereocenters. The van der Waals surface area contributed by atoms with E-state index in [2.05, 4.69) is 27.6 Å². The smallest absolute Gasteiger partial charge is 0.186 e. The second-order valence-corrected chi connectivity index (χ2v) is 3.62. The summed E-state index contributed by atoms with van der Waals surface area (Å²) in [7, 11) is 0. The van der Waals surface area contributed by atoms with Gasteiger partial charge in [0.1, 0.15) is 0 Å². The monoisotopic (exact) mass is 269 g/mol. The summed E-state index contributed by atoms with van der Waals surface area (Å²) in [5.41, 5.74) is 11.5. The molecule has 4 heteroatoms. The van der Waals surface area contributed by atoms with E-state index in [-0.39, 0.29) is 5.96 Å². The van der Waals surface area contributed by atoms with Crippen LogP contribution in [0.2, 0.25) is 0 Å². The Balaban J connectivity index is 2.70. The Kier molecular flexibility index (Phi) is 3.33. The summed E-state index contributed by atoms with van der Waals surface area (Å²) in [4.78, 5) is 3.90. The van der Waals surface area contributed by atoms with Gasteiger partial charge in [-0.3, -0.25) is 0 Å². The van der Waals surface area contributed by atoms with Crippen LogP contribution in [0.15, 0.2) is 29.3 Å². The predicted octanol–water partition coefficient (Wildman–Crippen LogP) is 1.06. The summed E-state index contributed by atoms with van der Waals surface area (Å²) in [5.74, 6) is 0.133. The third-order valence-corrected chi connectivity index (χ3v) is 2.00. The number of hydrogen-bond donors (Lipinski definition) is 2. The zero-order chi connectivity index (χ0) is 8.97. The lowest BCUT2D eigenvalue weighted by Crippen LogP contribution is -2.22. The van der Waals surface area contributed by atoms with E-state index in [0.717, 1.165) is 5.56 Å². The number of hydrogen-bond acceptors (Lipinski definition) is 1. The maximum atomic E-state index is 5.20. The molecule has 1 rings (SSSR count). The van der Waals surface area contributed by atoms with E-state index >= 15 is 0 Å². The molecule has 0 saturated carbocycles. The van der Waals surface area contributed by atoms with Gasteiger partial charge in [0.2, 0.25) is 0 Å². The summed E-state index contributed by atoms with van der Waals surface area (Å²) >= 11 is 2.25. The molecule has 1 aromatic rings. The van der Waals surface area contributed by atoms with Crippen LogP contribution in [0.25, 0.3) is 0 Å². The first kappa shape index (κ1) is 9.31. The average molecular weight is 269 g/mol. The molecule has 3 nitrogen and oxygen atoms in total. The van der Waals surface area contributed by atoms with Gasteiger partial charge in [-0.2, -0.15) is 0 Å². The van der Waals surface area contributed by atoms with Gasteiger partial charge in [0.15, 0.2) is 5.96 Å². The van der Waals surface area contributed by atoms with E-state index < -0.39 is 0 Å². The minimum Gasteiger partial charge on any atom is -0.370 e. The molecule has 0 spiro atoms. The van der Waals surface area contributed by atoms with Crippen molar-refractivity contribution in [2.75, 3.05) is 0 Å². The van der Waals surface area contributed by atoms with Gasteiger partial charge in [0.25, 0.3) is 0 Å². The quantitative estimate of drug-likeness (QED) is 0.479. The summed E-state index contributed by atoms with van der Waals surface area (Å²) in [5, 5.41) is 0. The van der Waals surface area contributed by atoms with E-state index in [0.29, 0.717) is 6.54 Å². The number of guanidine groups is 1. The number of halogens is 1. The molecule has 0 aromatic heterocycles. The lowest BCUT2D eigenvalue weighted by atomic mass is 10.2. The zero-order valence-electron chi connectivity index (χ0n) is 6.50. The molecular formula is C8H10IN3. The van der Waals surface area contributed by atoms with Crippen molar-refractivity contribution in [2.45, 2.75) is 6.54 Å². The molecule has 0 saturated heterocycles. The summed E-state index contributed by atoms with van der Waals surface area (Å²) in [6.07, 6.45) is 0. The lowest BCUT2D eigenvalue weighted by molar-refractivity contribution is 1.05. The first-order chi connectivity index (χ1) is 5.68. The van der Waals surface area contributed by atoms with Gasteiger partial charge in [-0.15, -0.1) is 0 Å². The summed E-state index contributed by atoms with van der Waals surface area (Å²) in [6.45, 7) is 0.555. The molecule has 64 valence electrons. The normalized spacial score (nSPS) is 9.42. The van der Waals surface area contributed by atoms with Crippen molar-refractivity contribution < 1.29 is 0 Å². The second kappa shape index (κ2) is 4.30. The van der Waals surface area contributed by atoms with Crippen molar-refractivity contribution in [3.63, 3.8) is 0 Å². The van der Waals surface area contributed by atoms with Gasteiger partial charge >= 0.3 is 0 Å². The Bertz CT molecular complexity index is 292. The van der Waals surface area contributed by atoms with Gasteiger partial charge in [0.05, 0.1) is 6.54 Å². The van der Waals surface area contributed by atoms with Gasteiger partial charge in [-0.25, -0.2) is 4.99 Å². The Hall–Kier alpha value is -0.780. The molecule has 0 heterocycles. The lowest BCUT2D eigenvalue weighted by Gasteiger charge is -1.97. The average Bonchev–Trinajstić information content (AvgIpc) is 2.01. The number of nitrogens with zero attached hydrogens (tertiary/aromatic N) is 1. The highest BCUT2D eigenvalue weighted by Gasteiger charge is 1.91. The van der Waals surface area contributed by atoms with Crippen LogP contribution < -0.4 is 11.5 Å². The summed E-state index contributed by atoms with van der Waals surface area (Å²) in [6, 6.07) is 8.06. The fraction of sp³-hybridized carbons (Fsp3) is 0.125. The third kappa shape index (κ3) is 3.08. The van der Waals surface area contributed by atoms with Crippen molar-refractivity contribution >= 4 is 28.6 Å². The fourth-order valence-electron chi connectivity index (χ4n) is 0.818. The molecule has 0 aliphatic rings. The Morgan fingerprint density at radius 1 is 1.42 bits per heavy atom. The van der Waals surface area contributed by atoms with Crippen LogP contribution in [0.3, 0.4) is 0 Å². The van der Waals surface area contributed by atoms with E-state index in [1.54, 1.807) is 0 Å². The Morgan fingerprint density at radius 3 is 2.75 bits per heavy atom. The zero-order valence-corrected chi connectivity index (χ0v) is 8.65. The molecule has 0 amide bonds. The molecule has 0 fully saturated rings. The summed E-state index contributed by atoms with van der Waals surface area (Å²) < 4.78 is 1.19. The van der Waals surface area contributed by atoms with E-state index in [1.807, 2.05) is 24.3 Å². The van der Waals surface area contributed by atoms with E-state index in [9.17, 15) is 0 Å². The first-order valence-corrected chi connectivity index (χ1v) is 4.56. The van der Waals surface area contributed by atoms with Crippen LogP contribution in [-0.2, 0) is 6.54 Å². The fourth-order valence-corrected chi connectivity index (χ4v) is 1.43. The molecule has 4 N–H and O–H groups in total. The molecule has 0 unspecified atom stereocenters. The maximum Gasteiger partial charge on any atom is 0.186 e. The van der Waals surface area contributed by atoms with Crippen LogP contribution in [-0.4, -0.2) is 5.96 Å². The highest BCUT2D eigenvalue weighted by atomic mass is 121. The predicted molar refractivity (Wildman–Crippen MR) is 58.7 cm³/mol. The molecule has 0 aliphatic heterocycles. The van der Waals surface area contributed by atoms with E-state index in [4.69, 9.17) is 11.5 Å². The van der Waals surface area contributed by atoms with Crippen molar-refractivity contribution in [3.8, 4) is 0 Å². The largest absolute Gasteiger partial charge is 0.370 e. The van der Waals surface area contributed by atoms with Crippen molar-refractivity contribution in [3.05, 3.63) is 33.4 Å². The molecular weight excluding hydrogens is 259 g/mol. The van der Waals surface area contributed by atoms with Gasteiger partial charge in [-0.1, -0.05) is 12.1 Å². The van der Waals surface area contributed by atoms with Crippen LogP contribution in [0.1, 0.15) is 5.56 Å². The molecule has 0 bridgehead atoms. The van der Waals surface area contributed by atoms with Gasteiger partial charge in [0, 0.05) is 3.57 Å². The standard InChI is InChI=1S/C8H10IN3/c9-7-3-1-2-6(4-7)5-12-8(10)11/h1-4H,5H2,(H4,10,11,12)/i9-6. The second-order valence-electron chi connectivity index (χ2n) is 2.37. The number of nitrogens with two attached hydrogens (primary N) is 2. The van der Waals surface area contributed by atoms with Crippen LogP contribution >= 0.6 is 22.6 Å². The highest BCUT2D eigenvalue weighted by molar-refractivity contribution is 14.1. The molecule has 0 aliphatic carbocycles. The first-order valence-electron chi connectivity index (χ1n) is 3.48. The number of benzene rings is 1. The molecule has 12 heavy (non-hydrogen) atoms. The van der Waals surface area contributed by atoms with Crippen molar-refractivity contribution in [1.82, 2.24) is 0 Å². The van der Waals surface area contributed by atoms with Crippen LogP contribution in [0.4, 0.5) is 0 Å². The Labute approximate surface area is 85.0 Å². The Morgan fingerprint density at radius 2 is 2.17 bits per heavy atom. The highest BCUT2D eigenvalue weighted by Crippen LogP contribution is 2.08. The third-order valence-electron chi connectivity index (χ3n) is 1.33. The van der Waals surface area contributed by atoms with Gasteiger partial charge in [-0.05, 0) is 40.3 Å². The molecule has 1 aromatic carbocycles. The number of aliphatic imine (C=N–C) groups is 1. The topological polar surface area (TPSA) is 64.4 Å². The maximum absolute atomic E-state index is 5.20. The van der Waals surface area contributed by atoms with E-state index in [1.165, 1.54) is 3.57 Å². The molecule has 0 radical (unpaired) electrons. The van der Waals surface area contributed by atoms with Crippen molar-refractivity contribution in [2.24, 2.45) is 16.5 Å². The van der Waals surface area contributed by atoms with Gasteiger partial charge < -0.3 is 11.5 Å². The minimum atomic E-state index is 0.133.